The van der Waals surface area contributed by atoms with E-state index in [1.165, 1.54) is 6.07 Å². The third-order valence-electron chi connectivity index (χ3n) is 3.59. The van der Waals surface area contributed by atoms with Crippen LogP contribution in [0.2, 0.25) is 0 Å². The number of carboxylic acid groups (broad SMARTS) is 1. The summed E-state index contributed by atoms with van der Waals surface area (Å²) >= 11 is 0. The molecule has 0 unspecified atom stereocenters. The lowest BCUT2D eigenvalue weighted by atomic mass is 10.0. The first kappa shape index (κ1) is 19.3. The third-order valence-corrected chi connectivity index (χ3v) is 3.59. The Hall–Kier alpha value is -2.99. The molecule has 9 heteroatoms. The van der Waals surface area contributed by atoms with Crippen LogP contribution in [0.25, 0.3) is 11.3 Å². The summed E-state index contributed by atoms with van der Waals surface area (Å²) in [4.78, 5) is 18.3. The quantitative estimate of drug-likeness (QED) is 0.578. The third kappa shape index (κ3) is 4.55. The van der Waals surface area contributed by atoms with Crippen LogP contribution in [0.1, 0.15) is 23.5 Å². The number of aromatic nitrogens is 2. The smallest absolute Gasteiger partial charge is 0.317 e. The van der Waals surface area contributed by atoms with E-state index in [4.69, 9.17) is 10.4 Å². The number of carbonyl (C=O) groups is 1. The molecule has 0 saturated heterocycles. The number of hydrogen-bond donors (Lipinski definition) is 2. The lowest BCUT2D eigenvalue weighted by Crippen LogP contribution is -2.23. The minimum Gasteiger partial charge on any atom is -0.480 e. The SMILES string of the molecule is Cc1c(F)c(F)cc(-c2cc(CCCNCC(=O)O)nc(C#N)n2)c1F. The Balaban J connectivity index is 2.28. The fourth-order valence-corrected chi connectivity index (χ4v) is 2.32. The number of nitrogens with zero attached hydrogens (tertiary/aromatic N) is 3. The van der Waals surface area contributed by atoms with Crippen LogP contribution in [-0.2, 0) is 11.2 Å². The van der Waals surface area contributed by atoms with Gasteiger partial charge in [0.15, 0.2) is 11.6 Å². The van der Waals surface area contributed by atoms with Gasteiger partial charge in [0.25, 0.3) is 0 Å². The summed E-state index contributed by atoms with van der Waals surface area (Å²) in [5, 5.41) is 20.3. The maximum Gasteiger partial charge on any atom is 0.317 e. The molecule has 1 heterocycles. The zero-order chi connectivity index (χ0) is 19.3. The van der Waals surface area contributed by atoms with Crippen molar-refractivity contribution in [3.05, 3.63) is 46.7 Å². The number of carboxylic acids is 1. The molecule has 2 rings (SSSR count). The molecular formula is C17H15F3N4O2. The molecule has 1 aromatic carbocycles. The van der Waals surface area contributed by atoms with Gasteiger partial charge in [-0.1, -0.05) is 0 Å². The Morgan fingerprint density at radius 3 is 2.65 bits per heavy atom. The second-order valence-electron chi connectivity index (χ2n) is 5.51. The summed E-state index contributed by atoms with van der Waals surface area (Å²) < 4.78 is 41.4. The number of aryl methyl sites for hydroxylation is 1. The molecule has 2 N–H and O–H groups in total. The van der Waals surface area contributed by atoms with E-state index in [1.54, 1.807) is 6.07 Å². The van der Waals surface area contributed by atoms with Crippen LogP contribution in [0, 0.1) is 35.7 Å². The topological polar surface area (TPSA) is 98.9 Å². The Bertz CT molecular complexity index is 881. The van der Waals surface area contributed by atoms with E-state index in [2.05, 4.69) is 15.3 Å². The van der Waals surface area contributed by atoms with Crippen LogP contribution < -0.4 is 5.32 Å². The highest BCUT2D eigenvalue weighted by Gasteiger charge is 2.18. The van der Waals surface area contributed by atoms with Crippen molar-refractivity contribution in [2.24, 2.45) is 0 Å². The Kier molecular flexibility index (Phi) is 6.25. The van der Waals surface area contributed by atoms with Crippen molar-refractivity contribution in [2.75, 3.05) is 13.1 Å². The van der Waals surface area contributed by atoms with Crippen molar-refractivity contribution in [1.29, 1.82) is 5.26 Å². The van der Waals surface area contributed by atoms with Crippen LogP contribution in [0.4, 0.5) is 13.2 Å². The van der Waals surface area contributed by atoms with Gasteiger partial charge in [-0.15, -0.1) is 0 Å². The highest BCUT2D eigenvalue weighted by Crippen LogP contribution is 2.27. The highest BCUT2D eigenvalue weighted by atomic mass is 19.2. The van der Waals surface area contributed by atoms with Crippen molar-refractivity contribution in [3.63, 3.8) is 0 Å². The summed E-state index contributed by atoms with van der Waals surface area (Å²) in [5.41, 5.74) is -0.350. The molecule has 26 heavy (non-hydrogen) atoms. The van der Waals surface area contributed by atoms with Crippen molar-refractivity contribution in [3.8, 4) is 17.3 Å². The summed E-state index contributed by atoms with van der Waals surface area (Å²) in [6.07, 6.45) is 0.870. The Labute approximate surface area is 147 Å². The average molecular weight is 364 g/mol. The first-order valence-electron chi connectivity index (χ1n) is 7.68. The second-order valence-corrected chi connectivity index (χ2v) is 5.51. The first-order chi connectivity index (χ1) is 12.3. The molecule has 0 amide bonds. The summed E-state index contributed by atoms with van der Waals surface area (Å²) in [5.74, 6) is -4.65. The van der Waals surface area contributed by atoms with Gasteiger partial charge in [0.2, 0.25) is 5.82 Å². The predicted molar refractivity (Wildman–Crippen MR) is 85.6 cm³/mol. The molecule has 0 radical (unpaired) electrons. The van der Waals surface area contributed by atoms with Crippen LogP contribution in [0.3, 0.4) is 0 Å². The van der Waals surface area contributed by atoms with Crippen molar-refractivity contribution < 1.29 is 23.1 Å². The number of halogens is 3. The molecule has 0 spiro atoms. The number of hydrogen-bond acceptors (Lipinski definition) is 5. The zero-order valence-electron chi connectivity index (χ0n) is 13.8. The fourth-order valence-electron chi connectivity index (χ4n) is 2.32. The van der Waals surface area contributed by atoms with Gasteiger partial charge in [0.05, 0.1) is 12.2 Å². The normalized spacial score (nSPS) is 10.6. The van der Waals surface area contributed by atoms with Crippen LogP contribution >= 0.6 is 0 Å². The van der Waals surface area contributed by atoms with E-state index >= 15 is 0 Å². The van der Waals surface area contributed by atoms with Crippen LogP contribution in [-0.4, -0.2) is 34.1 Å². The standard InChI is InChI=1S/C17H15F3N4O2/c1-9-16(19)11(6-12(18)17(9)20)13-5-10(23-14(7-21)24-13)3-2-4-22-8-15(25)26/h5-6,22H,2-4,8H2,1H3,(H,25,26). The van der Waals surface area contributed by atoms with Gasteiger partial charge < -0.3 is 10.4 Å². The Morgan fingerprint density at radius 2 is 2.00 bits per heavy atom. The molecule has 1 aromatic heterocycles. The highest BCUT2D eigenvalue weighted by molar-refractivity contribution is 5.69. The molecule has 0 atom stereocenters. The average Bonchev–Trinajstić information content (AvgIpc) is 2.62. The maximum absolute atomic E-state index is 14.3. The van der Waals surface area contributed by atoms with Gasteiger partial charge in [-0.2, -0.15) is 5.26 Å². The molecule has 6 nitrogen and oxygen atoms in total. The number of nitrogens with one attached hydrogen (secondary N) is 1. The number of rotatable bonds is 7. The van der Waals surface area contributed by atoms with Crippen LogP contribution in [0.15, 0.2) is 12.1 Å². The second kappa shape index (κ2) is 8.40. The molecule has 2 aromatic rings. The summed E-state index contributed by atoms with van der Waals surface area (Å²) in [6, 6.07) is 3.84. The molecule has 0 aliphatic rings. The number of aliphatic carboxylic acids is 1. The molecule has 0 aliphatic heterocycles. The molecule has 0 fully saturated rings. The molecule has 0 saturated carbocycles. The van der Waals surface area contributed by atoms with Crippen molar-refractivity contribution >= 4 is 5.97 Å². The van der Waals surface area contributed by atoms with E-state index in [0.717, 1.165) is 6.92 Å². The van der Waals surface area contributed by atoms with Gasteiger partial charge in [0.1, 0.15) is 11.9 Å². The largest absolute Gasteiger partial charge is 0.480 e. The van der Waals surface area contributed by atoms with E-state index in [0.29, 0.717) is 31.1 Å². The zero-order valence-corrected chi connectivity index (χ0v) is 13.8. The minimum absolute atomic E-state index is 0.0236. The minimum atomic E-state index is -1.27. The number of nitriles is 1. The lowest BCUT2D eigenvalue weighted by molar-refractivity contribution is -0.135. The number of benzene rings is 1. The van der Waals surface area contributed by atoms with E-state index < -0.39 is 29.0 Å². The lowest BCUT2D eigenvalue weighted by Gasteiger charge is -2.09. The van der Waals surface area contributed by atoms with Crippen molar-refractivity contribution in [1.82, 2.24) is 15.3 Å². The van der Waals surface area contributed by atoms with E-state index in [-0.39, 0.29) is 23.6 Å². The van der Waals surface area contributed by atoms with E-state index in [9.17, 15) is 18.0 Å². The first-order valence-corrected chi connectivity index (χ1v) is 7.68. The molecule has 0 bridgehead atoms. The van der Waals surface area contributed by atoms with Gasteiger partial charge in [-0.05, 0) is 38.4 Å². The van der Waals surface area contributed by atoms with Gasteiger partial charge in [0, 0.05) is 16.8 Å². The van der Waals surface area contributed by atoms with E-state index in [1.807, 2.05) is 0 Å². The van der Waals surface area contributed by atoms with Crippen molar-refractivity contribution in [2.45, 2.75) is 19.8 Å². The monoisotopic (exact) mass is 364 g/mol. The predicted octanol–water partition coefficient (Wildman–Crippen LogP) is 2.35. The summed E-state index contributed by atoms with van der Waals surface area (Å²) in [7, 11) is 0. The molecule has 0 aliphatic carbocycles. The van der Waals surface area contributed by atoms with Crippen LogP contribution in [0.5, 0.6) is 0 Å². The fraction of sp³-hybridized carbons (Fsp3) is 0.294. The van der Waals surface area contributed by atoms with Gasteiger partial charge in [-0.25, -0.2) is 23.1 Å². The van der Waals surface area contributed by atoms with Gasteiger partial charge >= 0.3 is 5.97 Å². The van der Waals surface area contributed by atoms with Gasteiger partial charge in [-0.3, -0.25) is 4.79 Å². The molecule has 136 valence electrons. The Morgan fingerprint density at radius 1 is 1.27 bits per heavy atom. The molecular weight excluding hydrogens is 349 g/mol. The summed E-state index contributed by atoms with van der Waals surface area (Å²) in [6.45, 7) is 1.32. The maximum atomic E-state index is 14.3.